The number of nitrogens with one attached hydrogen (secondary N) is 1. The monoisotopic (exact) mass is 420 g/mol. The predicted molar refractivity (Wildman–Crippen MR) is 118 cm³/mol. The molecule has 4 rings (SSSR count). The van der Waals surface area contributed by atoms with Crippen LogP contribution in [0.3, 0.4) is 0 Å². The van der Waals surface area contributed by atoms with Gasteiger partial charge in [-0.25, -0.2) is 4.98 Å². The minimum atomic E-state index is -0.652. The van der Waals surface area contributed by atoms with E-state index in [4.69, 9.17) is 0 Å². The maximum Gasteiger partial charge on any atom is 0.315 e. The van der Waals surface area contributed by atoms with Crippen molar-refractivity contribution >= 4 is 28.3 Å². The Morgan fingerprint density at radius 1 is 1.03 bits per heavy atom. The third kappa shape index (κ3) is 4.93. The Labute approximate surface area is 180 Å². The predicted octanol–water partition coefficient (Wildman–Crippen LogP) is 3.30. The van der Waals surface area contributed by atoms with Crippen LogP contribution in [0.2, 0.25) is 0 Å². The summed E-state index contributed by atoms with van der Waals surface area (Å²) in [6.07, 6.45) is 0.861. The first-order valence-corrected chi connectivity index (χ1v) is 10.8. The minimum absolute atomic E-state index is 0.362. The van der Waals surface area contributed by atoms with Crippen LogP contribution in [-0.2, 0) is 35.6 Å². The lowest BCUT2D eigenvalue weighted by Gasteiger charge is -2.22. The van der Waals surface area contributed by atoms with Crippen molar-refractivity contribution in [2.24, 2.45) is 0 Å². The summed E-state index contributed by atoms with van der Waals surface area (Å²) in [5.74, 6) is -1.21. The molecule has 1 aliphatic rings. The third-order valence-electron chi connectivity index (χ3n) is 5.06. The van der Waals surface area contributed by atoms with E-state index in [1.54, 1.807) is 4.90 Å². The van der Waals surface area contributed by atoms with Gasteiger partial charge in [0.05, 0.1) is 5.69 Å². The van der Waals surface area contributed by atoms with Crippen LogP contribution in [-0.4, -0.2) is 40.2 Å². The molecule has 0 spiro atoms. The molecule has 30 heavy (non-hydrogen) atoms. The summed E-state index contributed by atoms with van der Waals surface area (Å²) in [5, 5.41) is 3.22. The second-order valence-corrected chi connectivity index (χ2v) is 8.55. The molecule has 3 aromatic rings. The Hall–Kier alpha value is -3.03. The summed E-state index contributed by atoms with van der Waals surface area (Å²) in [5.41, 5.74) is 2.97. The molecule has 0 bridgehead atoms. The van der Waals surface area contributed by atoms with Crippen LogP contribution in [0.5, 0.6) is 0 Å². The number of carbonyl (C=O) groups is 2. The van der Waals surface area contributed by atoms with E-state index in [2.05, 4.69) is 22.2 Å². The van der Waals surface area contributed by atoms with Crippen molar-refractivity contribution < 1.29 is 9.59 Å². The molecule has 0 unspecified atom stereocenters. The zero-order valence-corrected chi connectivity index (χ0v) is 17.7. The largest absolute Gasteiger partial charge is 0.326 e. The molecule has 1 aromatic heterocycles. The maximum atomic E-state index is 13.0. The summed E-state index contributed by atoms with van der Waals surface area (Å²) in [4.78, 5) is 35.3. The van der Waals surface area contributed by atoms with E-state index in [0.717, 1.165) is 41.2 Å². The highest BCUT2D eigenvalue weighted by molar-refractivity contribution is 7.16. The minimum Gasteiger partial charge on any atom is -0.326 e. The number of hydrogen-bond acceptors (Lipinski definition) is 5. The van der Waals surface area contributed by atoms with Gasteiger partial charge in [0.2, 0.25) is 0 Å². The van der Waals surface area contributed by atoms with Crippen molar-refractivity contribution in [1.82, 2.24) is 14.8 Å². The van der Waals surface area contributed by atoms with Crippen molar-refractivity contribution in [1.29, 1.82) is 0 Å². The van der Waals surface area contributed by atoms with Gasteiger partial charge in [-0.2, -0.15) is 0 Å². The molecule has 2 amide bonds. The van der Waals surface area contributed by atoms with E-state index < -0.39 is 11.8 Å². The smallest absolute Gasteiger partial charge is 0.315 e. The topological polar surface area (TPSA) is 65.5 Å². The van der Waals surface area contributed by atoms with Crippen LogP contribution < -0.4 is 5.32 Å². The van der Waals surface area contributed by atoms with Gasteiger partial charge in [0.15, 0.2) is 5.13 Å². The molecule has 1 N–H and O–H groups in total. The molecule has 0 aliphatic carbocycles. The van der Waals surface area contributed by atoms with E-state index in [1.165, 1.54) is 11.3 Å². The first kappa shape index (κ1) is 20.3. The molecule has 2 aromatic carbocycles. The van der Waals surface area contributed by atoms with Gasteiger partial charge < -0.3 is 9.80 Å². The zero-order chi connectivity index (χ0) is 20.9. The van der Waals surface area contributed by atoms with Gasteiger partial charge >= 0.3 is 11.8 Å². The fraction of sp³-hybridized carbons (Fsp3) is 0.261. The maximum absolute atomic E-state index is 13.0. The highest BCUT2D eigenvalue weighted by Gasteiger charge is 2.25. The Kier molecular flexibility index (Phi) is 6.21. The standard InChI is InChI=1S/C23H24N4O2S/c1-26-13-12-19-20(16-26)30-23(24-19)25-21(28)22(29)27(14-17-8-4-2-5-9-17)15-18-10-6-3-7-11-18/h2-11H,12-16H2,1H3,(H,24,25,28). The molecule has 0 saturated heterocycles. The van der Waals surface area contributed by atoms with Crippen LogP contribution in [0.25, 0.3) is 0 Å². The van der Waals surface area contributed by atoms with Crippen molar-refractivity contribution in [2.75, 3.05) is 18.9 Å². The van der Waals surface area contributed by atoms with Gasteiger partial charge in [0.1, 0.15) is 0 Å². The number of rotatable bonds is 5. The highest BCUT2D eigenvalue weighted by Crippen LogP contribution is 2.27. The van der Waals surface area contributed by atoms with Crippen molar-refractivity contribution in [3.63, 3.8) is 0 Å². The number of benzene rings is 2. The lowest BCUT2D eigenvalue weighted by molar-refractivity contribution is -0.144. The van der Waals surface area contributed by atoms with Crippen LogP contribution in [0.1, 0.15) is 21.7 Å². The Morgan fingerprint density at radius 2 is 1.63 bits per heavy atom. The molecule has 154 valence electrons. The summed E-state index contributed by atoms with van der Waals surface area (Å²) in [6, 6.07) is 19.4. The fourth-order valence-corrected chi connectivity index (χ4v) is 4.56. The van der Waals surface area contributed by atoms with Crippen molar-refractivity contribution in [2.45, 2.75) is 26.1 Å². The van der Waals surface area contributed by atoms with Gasteiger partial charge in [-0.05, 0) is 18.2 Å². The number of anilines is 1. The number of fused-ring (bicyclic) bond motifs is 1. The Bertz CT molecular complexity index is 979. The number of amides is 2. The number of hydrogen-bond donors (Lipinski definition) is 1. The molecule has 2 heterocycles. The third-order valence-corrected chi connectivity index (χ3v) is 6.05. The molecular formula is C23H24N4O2S. The molecule has 0 radical (unpaired) electrons. The van der Waals surface area contributed by atoms with Gasteiger partial charge in [0.25, 0.3) is 0 Å². The summed E-state index contributed by atoms with van der Waals surface area (Å²) in [7, 11) is 2.06. The highest BCUT2D eigenvalue weighted by atomic mass is 32.1. The average Bonchev–Trinajstić information content (AvgIpc) is 3.15. The number of likely N-dealkylation sites (N-methyl/N-ethyl adjacent to an activating group) is 1. The van der Waals surface area contributed by atoms with Crippen LogP contribution >= 0.6 is 11.3 Å². The van der Waals surface area contributed by atoms with E-state index in [0.29, 0.717) is 18.2 Å². The first-order valence-electron chi connectivity index (χ1n) is 9.94. The summed E-state index contributed by atoms with van der Waals surface area (Å²) < 4.78 is 0. The molecule has 0 fully saturated rings. The SMILES string of the molecule is CN1CCc2nc(NC(=O)C(=O)N(Cc3ccccc3)Cc3ccccc3)sc2C1. The van der Waals surface area contributed by atoms with Crippen LogP contribution in [0, 0.1) is 0 Å². The van der Waals surface area contributed by atoms with Crippen LogP contribution in [0.15, 0.2) is 60.7 Å². The van der Waals surface area contributed by atoms with E-state index in [1.807, 2.05) is 60.7 Å². The Morgan fingerprint density at radius 3 is 2.23 bits per heavy atom. The molecule has 1 aliphatic heterocycles. The molecule has 6 nitrogen and oxygen atoms in total. The normalized spacial score (nSPS) is 13.5. The van der Waals surface area contributed by atoms with Crippen molar-refractivity contribution in [3.8, 4) is 0 Å². The van der Waals surface area contributed by atoms with Gasteiger partial charge in [-0.3, -0.25) is 14.9 Å². The number of nitrogens with zero attached hydrogens (tertiary/aromatic N) is 3. The molecule has 0 saturated carbocycles. The number of carbonyl (C=O) groups excluding carboxylic acids is 2. The summed E-state index contributed by atoms with van der Waals surface area (Å²) >= 11 is 1.45. The fourth-order valence-electron chi connectivity index (χ4n) is 3.48. The molecular weight excluding hydrogens is 396 g/mol. The number of aromatic nitrogens is 1. The van der Waals surface area contributed by atoms with Crippen LogP contribution in [0.4, 0.5) is 5.13 Å². The molecule has 7 heteroatoms. The van der Waals surface area contributed by atoms with Gasteiger partial charge in [-0.15, -0.1) is 11.3 Å². The van der Waals surface area contributed by atoms with Crippen molar-refractivity contribution in [3.05, 3.63) is 82.4 Å². The molecule has 0 atom stereocenters. The lowest BCUT2D eigenvalue weighted by atomic mass is 10.1. The van der Waals surface area contributed by atoms with E-state index in [-0.39, 0.29) is 0 Å². The second kappa shape index (κ2) is 9.19. The lowest BCUT2D eigenvalue weighted by Crippen LogP contribution is -2.38. The van der Waals surface area contributed by atoms with E-state index >= 15 is 0 Å². The quantitative estimate of drug-likeness (QED) is 0.644. The second-order valence-electron chi connectivity index (χ2n) is 7.46. The average molecular weight is 421 g/mol. The summed E-state index contributed by atoms with van der Waals surface area (Å²) in [6.45, 7) is 2.50. The Balaban J connectivity index is 1.49. The zero-order valence-electron chi connectivity index (χ0n) is 16.9. The van der Waals surface area contributed by atoms with Gasteiger partial charge in [-0.1, -0.05) is 60.7 Å². The number of thiazole rings is 1. The van der Waals surface area contributed by atoms with E-state index in [9.17, 15) is 9.59 Å². The van der Waals surface area contributed by atoms with Gasteiger partial charge in [0, 0.05) is 37.5 Å². The first-order chi connectivity index (χ1) is 14.6.